The molecule has 1 aliphatic rings. The van der Waals surface area contributed by atoms with Crippen molar-refractivity contribution in [3.63, 3.8) is 0 Å². The minimum absolute atomic E-state index is 0.151. The Balaban J connectivity index is 1.53. The van der Waals surface area contributed by atoms with Gasteiger partial charge in [-0.15, -0.1) is 0 Å². The highest BCUT2D eigenvalue weighted by atomic mass is 16.5. The Morgan fingerprint density at radius 3 is 2.87 bits per heavy atom. The van der Waals surface area contributed by atoms with Crippen LogP contribution in [0.5, 0.6) is 5.75 Å². The predicted octanol–water partition coefficient (Wildman–Crippen LogP) is 2.75. The summed E-state index contributed by atoms with van der Waals surface area (Å²) in [6.07, 6.45) is 4.96. The lowest BCUT2D eigenvalue weighted by Crippen LogP contribution is -2.16. The fraction of sp³-hybridized carbons (Fsp3) is 0.0952. The normalized spacial score (nSPS) is 11.8. The van der Waals surface area contributed by atoms with Gasteiger partial charge in [0.25, 0.3) is 5.91 Å². The number of carbonyl (C=O) groups excluding carboxylic acids is 1. The van der Waals surface area contributed by atoms with Crippen molar-refractivity contribution in [2.45, 2.75) is 6.61 Å². The number of primary amides is 1. The Bertz CT molecular complexity index is 1290. The number of benzene rings is 1. The van der Waals surface area contributed by atoms with E-state index in [0.717, 1.165) is 16.8 Å². The van der Waals surface area contributed by atoms with Gasteiger partial charge in [0.15, 0.2) is 5.75 Å². The molecule has 0 fully saturated rings. The molecule has 3 aromatic heterocycles. The van der Waals surface area contributed by atoms with E-state index in [1.54, 1.807) is 23.0 Å². The molecule has 0 aliphatic carbocycles. The Morgan fingerprint density at radius 1 is 1.16 bits per heavy atom. The van der Waals surface area contributed by atoms with Crippen molar-refractivity contribution in [1.29, 1.82) is 0 Å². The summed E-state index contributed by atoms with van der Waals surface area (Å²) in [5.74, 6) is 1.07. The smallest absolute Gasteiger partial charge is 0.254 e. The number of aryl methyl sites for hydroxylation is 1. The fourth-order valence-electron chi connectivity index (χ4n) is 3.39. The first-order chi connectivity index (χ1) is 15.1. The number of para-hydroxylation sites is 1. The number of anilines is 4. The summed E-state index contributed by atoms with van der Waals surface area (Å²) in [6, 6.07) is 11.1. The maximum absolute atomic E-state index is 12.0. The largest absolute Gasteiger partial charge is 0.486 e. The molecule has 154 valence electrons. The summed E-state index contributed by atoms with van der Waals surface area (Å²) >= 11 is 0. The second-order valence-electron chi connectivity index (χ2n) is 6.93. The van der Waals surface area contributed by atoms with Crippen LogP contribution in [0, 0.1) is 0 Å². The first kappa shape index (κ1) is 18.6. The molecule has 1 aromatic carbocycles. The van der Waals surface area contributed by atoms with Crippen molar-refractivity contribution in [1.82, 2.24) is 24.7 Å². The molecule has 1 amide bonds. The van der Waals surface area contributed by atoms with Gasteiger partial charge in [0.1, 0.15) is 29.5 Å². The van der Waals surface area contributed by atoms with E-state index in [-0.39, 0.29) is 17.3 Å². The maximum Gasteiger partial charge on any atom is 0.254 e. The standard InChI is InChI=1S/C21H18N8O2/c1-29-10-12-11-31-18-13(17(12)28-29)5-4-6-15(18)25-20-14(19(22)30)9-24-21(27-20)26-16-7-2-3-8-23-16/h2-10H,11H2,1H3,(H2,22,30)(H2,23,24,25,26,27). The summed E-state index contributed by atoms with van der Waals surface area (Å²) in [5, 5.41) is 10.7. The highest BCUT2D eigenvalue weighted by molar-refractivity contribution is 5.98. The molecular formula is C21H18N8O2. The van der Waals surface area contributed by atoms with Crippen LogP contribution >= 0.6 is 0 Å². The van der Waals surface area contributed by atoms with Gasteiger partial charge < -0.3 is 21.1 Å². The van der Waals surface area contributed by atoms with Gasteiger partial charge in [-0.2, -0.15) is 10.1 Å². The zero-order valence-electron chi connectivity index (χ0n) is 16.5. The third-order valence-corrected chi connectivity index (χ3v) is 4.76. The first-order valence-electron chi connectivity index (χ1n) is 9.49. The van der Waals surface area contributed by atoms with Gasteiger partial charge >= 0.3 is 0 Å². The van der Waals surface area contributed by atoms with Crippen LogP contribution in [0.25, 0.3) is 11.3 Å². The highest BCUT2D eigenvalue weighted by Crippen LogP contribution is 2.42. The number of nitrogens with two attached hydrogens (primary N) is 1. The van der Waals surface area contributed by atoms with Crippen LogP contribution in [0.1, 0.15) is 15.9 Å². The number of hydrogen-bond donors (Lipinski definition) is 3. The Hall–Kier alpha value is -4.47. The van der Waals surface area contributed by atoms with E-state index in [4.69, 9.17) is 10.5 Å². The molecule has 5 rings (SSSR count). The van der Waals surface area contributed by atoms with Gasteiger partial charge in [-0.25, -0.2) is 9.97 Å². The van der Waals surface area contributed by atoms with Crippen molar-refractivity contribution in [3.05, 3.63) is 66.1 Å². The van der Waals surface area contributed by atoms with E-state index in [2.05, 4.69) is 30.7 Å². The van der Waals surface area contributed by atoms with E-state index in [0.29, 0.717) is 23.9 Å². The average Bonchev–Trinajstić information content (AvgIpc) is 3.15. The number of carbonyl (C=O) groups is 1. The molecule has 0 atom stereocenters. The second-order valence-corrected chi connectivity index (χ2v) is 6.93. The van der Waals surface area contributed by atoms with Gasteiger partial charge in [-0.3, -0.25) is 9.48 Å². The van der Waals surface area contributed by atoms with Gasteiger partial charge in [0, 0.05) is 36.8 Å². The molecule has 4 N–H and O–H groups in total. The summed E-state index contributed by atoms with van der Waals surface area (Å²) < 4.78 is 7.75. The molecule has 0 radical (unpaired) electrons. The predicted molar refractivity (Wildman–Crippen MR) is 114 cm³/mol. The number of aromatic nitrogens is 5. The van der Waals surface area contributed by atoms with Gasteiger partial charge in [0.2, 0.25) is 5.95 Å². The van der Waals surface area contributed by atoms with Gasteiger partial charge in [-0.1, -0.05) is 12.1 Å². The Labute approximate surface area is 177 Å². The van der Waals surface area contributed by atoms with Crippen LogP contribution in [0.15, 0.2) is 55.0 Å². The van der Waals surface area contributed by atoms with E-state index < -0.39 is 5.91 Å². The van der Waals surface area contributed by atoms with Crippen LogP contribution < -0.4 is 21.1 Å². The number of fused-ring (bicyclic) bond motifs is 3. The number of ether oxygens (including phenoxy) is 1. The van der Waals surface area contributed by atoms with Crippen molar-refractivity contribution in [3.8, 4) is 17.0 Å². The van der Waals surface area contributed by atoms with Crippen molar-refractivity contribution in [2.24, 2.45) is 12.8 Å². The molecule has 4 aromatic rings. The van der Waals surface area contributed by atoms with E-state index >= 15 is 0 Å². The van der Waals surface area contributed by atoms with Gasteiger partial charge in [0.05, 0.1) is 5.69 Å². The number of pyridine rings is 1. The van der Waals surface area contributed by atoms with Gasteiger partial charge in [-0.05, 0) is 24.3 Å². The molecule has 0 unspecified atom stereocenters. The van der Waals surface area contributed by atoms with E-state index in [1.807, 2.05) is 37.5 Å². The van der Waals surface area contributed by atoms with E-state index in [9.17, 15) is 4.79 Å². The summed E-state index contributed by atoms with van der Waals surface area (Å²) in [7, 11) is 1.87. The van der Waals surface area contributed by atoms with Crippen LogP contribution in [-0.4, -0.2) is 30.6 Å². The average molecular weight is 414 g/mol. The molecule has 31 heavy (non-hydrogen) atoms. The SMILES string of the molecule is Cn1cc2c(n1)-c1cccc(Nc3nc(Nc4ccccn4)ncc3C(N)=O)c1OC2. The molecule has 10 nitrogen and oxygen atoms in total. The number of hydrogen-bond acceptors (Lipinski definition) is 8. The molecular weight excluding hydrogens is 396 g/mol. The molecule has 10 heteroatoms. The number of rotatable bonds is 5. The topological polar surface area (TPSA) is 133 Å². The fourth-order valence-corrected chi connectivity index (χ4v) is 3.39. The van der Waals surface area contributed by atoms with Crippen LogP contribution in [0.2, 0.25) is 0 Å². The third kappa shape index (κ3) is 3.50. The van der Waals surface area contributed by atoms with Crippen molar-refractivity contribution < 1.29 is 9.53 Å². The molecule has 0 saturated carbocycles. The minimum atomic E-state index is -0.649. The lowest BCUT2D eigenvalue weighted by atomic mass is 10.0. The van der Waals surface area contributed by atoms with Crippen molar-refractivity contribution in [2.75, 3.05) is 10.6 Å². The number of nitrogens with zero attached hydrogens (tertiary/aromatic N) is 5. The lowest BCUT2D eigenvalue weighted by molar-refractivity contribution is 0.100. The van der Waals surface area contributed by atoms with E-state index in [1.165, 1.54) is 6.20 Å². The van der Waals surface area contributed by atoms with Crippen LogP contribution in [0.4, 0.5) is 23.3 Å². The van der Waals surface area contributed by atoms with Crippen LogP contribution in [-0.2, 0) is 13.7 Å². The van der Waals surface area contributed by atoms with Crippen molar-refractivity contribution >= 4 is 29.2 Å². The third-order valence-electron chi connectivity index (χ3n) is 4.76. The number of amides is 1. The highest BCUT2D eigenvalue weighted by Gasteiger charge is 2.24. The number of nitrogens with one attached hydrogen (secondary N) is 2. The zero-order chi connectivity index (χ0) is 21.4. The summed E-state index contributed by atoms with van der Waals surface area (Å²) in [6.45, 7) is 0.397. The Kier molecular flexibility index (Phi) is 4.43. The molecule has 0 saturated heterocycles. The lowest BCUT2D eigenvalue weighted by Gasteiger charge is -2.20. The minimum Gasteiger partial charge on any atom is -0.486 e. The quantitative estimate of drug-likeness (QED) is 0.454. The molecule has 4 heterocycles. The first-order valence-corrected chi connectivity index (χ1v) is 9.49. The summed E-state index contributed by atoms with van der Waals surface area (Å²) in [4.78, 5) is 24.8. The van der Waals surface area contributed by atoms with Crippen LogP contribution in [0.3, 0.4) is 0 Å². The monoisotopic (exact) mass is 414 g/mol. The summed E-state index contributed by atoms with van der Waals surface area (Å²) in [5.41, 5.74) is 9.05. The second kappa shape index (κ2) is 7.41. The molecule has 0 bridgehead atoms. The Morgan fingerprint density at radius 2 is 2.06 bits per heavy atom. The maximum atomic E-state index is 12.0. The molecule has 0 spiro atoms. The molecule has 1 aliphatic heterocycles. The zero-order valence-corrected chi connectivity index (χ0v) is 16.5.